The number of hydrogen-bond donors (Lipinski definition) is 1. The van der Waals surface area contributed by atoms with E-state index < -0.39 is 23.7 Å². The van der Waals surface area contributed by atoms with Crippen molar-refractivity contribution in [2.24, 2.45) is 23.7 Å². The zero-order valence-corrected chi connectivity index (χ0v) is 13.5. The van der Waals surface area contributed by atoms with E-state index in [1.807, 2.05) is 0 Å². The second kappa shape index (κ2) is 5.77. The van der Waals surface area contributed by atoms with E-state index in [-0.39, 0.29) is 30.5 Å². The minimum Gasteiger partial charge on any atom is -0.462 e. The molecular formula is C17H16ClNO5. The maximum absolute atomic E-state index is 12.3. The van der Waals surface area contributed by atoms with Crippen LogP contribution in [0.25, 0.3) is 0 Å². The molecule has 4 rings (SSSR count). The molecule has 0 aromatic heterocycles. The highest BCUT2D eigenvalue weighted by Gasteiger charge is 2.64. The molecule has 24 heavy (non-hydrogen) atoms. The number of ether oxygens (including phenoxy) is 2. The number of amides is 1. The van der Waals surface area contributed by atoms with E-state index in [0.29, 0.717) is 10.7 Å². The molecule has 0 unspecified atom stereocenters. The van der Waals surface area contributed by atoms with Crippen LogP contribution in [0, 0.1) is 23.7 Å². The van der Waals surface area contributed by atoms with Gasteiger partial charge in [0.1, 0.15) is 6.10 Å². The van der Waals surface area contributed by atoms with Gasteiger partial charge >= 0.3 is 11.9 Å². The Bertz CT molecular complexity index is 719. The van der Waals surface area contributed by atoms with Crippen molar-refractivity contribution >= 4 is 35.1 Å². The van der Waals surface area contributed by atoms with Gasteiger partial charge in [0.05, 0.1) is 11.8 Å². The standard InChI is InChI=1S/C17H16ClNO5/c18-9-2-1-3-10(6-9)19-13(20)7-23-16(21)14-8-4-11-12(5-8)24-17(22)15(11)14/h1-3,6,8,11-12,14-15H,4-5,7H2,(H,19,20)/t8-,11+,12+,14-,15-/m1/s1. The van der Waals surface area contributed by atoms with Gasteiger partial charge in [-0.1, -0.05) is 17.7 Å². The molecule has 2 saturated carbocycles. The van der Waals surface area contributed by atoms with E-state index >= 15 is 0 Å². The third kappa shape index (κ3) is 2.55. The van der Waals surface area contributed by atoms with Crippen molar-refractivity contribution in [2.75, 3.05) is 11.9 Å². The van der Waals surface area contributed by atoms with Gasteiger partial charge in [-0.15, -0.1) is 0 Å². The minimum atomic E-state index is -0.481. The second-order valence-corrected chi connectivity index (χ2v) is 7.02. The van der Waals surface area contributed by atoms with E-state index in [1.165, 1.54) is 0 Å². The van der Waals surface area contributed by atoms with E-state index in [1.54, 1.807) is 24.3 Å². The molecule has 1 heterocycles. The fourth-order valence-electron chi connectivity index (χ4n) is 4.32. The summed E-state index contributed by atoms with van der Waals surface area (Å²) in [6.07, 6.45) is 1.53. The maximum atomic E-state index is 12.3. The molecular weight excluding hydrogens is 334 g/mol. The number of carbonyl (C=O) groups is 3. The monoisotopic (exact) mass is 349 g/mol. The second-order valence-electron chi connectivity index (χ2n) is 6.59. The molecule has 1 N–H and O–H groups in total. The number of fused-ring (bicyclic) bond motifs is 1. The SMILES string of the molecule is O=C(COC(=O)[C@@H]1[C@@H]2C[C@@H]3[C@H]1C(=O)O[C@H]3C2)Nc1cccc(Cl)c1. The van der Waals surface area contributed by atoms with Crippen molar-refractivity contribution in [3.63, 3.8) is 0 Å². The Morgan fingerprint density at radius 3 is 2.96 bits per heavy atom. The predicted molar refractivity (Wildman–Crippen MR) is 84.1 cm³/mol. The van der Waals surface area contributed by atoms with Crippen LogP contribution in [0.5, 0.6) is 0 Å². The normalized spacial score (nSPS) is 32.5. The number of halogens is 1. The van der Waals surface area contributed by atoms with Gasteiger partial charge in [-0.3, -0.25) is 14.4 Å². The van der Waals surface area contributed by atoms with E-state index in [0.717, 1.165) is 12.8 Å². The zero-order chi connectivity index (χ0) is 16.8. The minimum absolute atomic E-state index is 0.0253. The molecule has 1 saturated heterocycles. The third-order valence-corrected chi connectivity index (χ3v) is 5.44. The quantitative estimate of drug-likeness (QED) is 0.841. The first kappa shape index (κ1) is 15.4. The Labute approximate surface area is 143 Å². The van der Waals surface area contributed by atoms with Gasteiger partial charge in [-0.25, -0.2) is 0 Å². The average Bonchev–Trinajstić information content (AvgIpc) is 3.14. The summed E-state index contributed by atoms with van der Waals surface area (Å²) >= 11 is 5.85. The number of esters is 2. The number of rotatable bonds is 4. The molecule has 2 bridgehead atoms. The van der Waals surface area contributed by atoms with Crippen molar-refractivity contribution < 1.29 is 23.9 Å². The lowest BCUT2D eigenvalue weighted by molar-refractivity contribution is -0.157. The van der Waals surface area contributed by atoms with E-state index in [2.05, 4.69) is 5.32 Å². The van der Waals surface area contributed by atoms with Crippen molar-refractivity contribution in [3.8, 4) is 0 Å². The lowest BCUT2D eigenvalue weighted by Gasteiger charge is -2.22. The van der Waals surface area contributed by atoms with Crippen LogP contribution in [-0.2, 0) is 23.9 Å². The van der Waals surface area contributed by atoms with Crippen LogP contribution < -0.4 is 5.32 Å². The van der Waals surface area contributed by atoms with Crippen LogP contribution in [0.1, 0.15) is 12.8 Å². The molecule has 1 aromatic rings. The molecule has 1 aliphatic heterocycles. The van der Waals surface area contributed by atoms with Gasteiger partial charge in [-0.2, -0.15) is 0 Å². The first-order valence-corrected chi connectivity index (χ1v) is 8.33. The molecule has 126 valence electrons. The largest absolute Gasteiger partial charge is 0.462 e. The van der Waals surface area contributed by atoms with Crippen molar-refractivity contribution in [1.29, 1.82) is 0 Å². The molecule has 1 amide bonds. The Balaban J connectivity index is 1.34. The number of nitrogens with one attached hydrogen (secondary N) is 1. The van der Waals surface area contributed by atoms with Gasteiger partial charge < -0.3 is 14.8 Å². The summed E-state index contributed by atoms with van der Waals surface area (Å²) in [5.41, 5.74) is 0.533. The molecule has 7 heteroatoms. The molecule has 1 aromatic carbocycles. The Morgan fingerprint density at radius 2 is 2.17 bits per heavy atom. The van der Waals surface area contributed by atoms with Crippen molar-refractivity contribution in [3.05, 3.63) is 29.3 Å². The number of anilines is 1. The summed E-state index contributed by atoms with van der Waals surface area (Å²) in [5.74, 6) is -1.82. The van der Waals surface area contributed by atoms with Crippen LogP contribution in [0.3, 0.4) is 0 Å². The first-order chi connectivity index (χ1) is 11.5. The number of carbonyl (C=O) groups excluding carboxylic acids is 3. The highest BCUT2D eigenvalue weighted by Crippen LogP contribution is 2.57. The molecule has 3 fully saturated rings. The van der Waals surface area contributed by atoms with Crippen LogP contribution in [0.4, 0.5) is 5.69 Å². The summed E-state index contributed by atoms with van der Waals surface area (Å²) in [7, 11) is 0. The van der Waals surface area contributed by atoms with Crippen molar-refractivity contribution in [1.82, 2.24) is 0 Å². The van der Waals surface area contributed by atoms with Gasteiger partial charge in [0.15, 0.2) is 6.61 Å². The summed E-state index contributed by atoms with van der Waals surface area (Å²) < 4.78 is 10.4. The van der Waals surface area contributed by atoms with Gasteiger partial charge in [-0.05, 0) is 37.0 Å². The third-order valence-electron chi connectivity index (χ3n) is 5.21. The summed E-state index contributed by atoms with van der Waals surface area (Å²) in [5, 5.41) is 3.11. The average molecular weight is 350 g/mol. The molecule has 0 spiro atoms. The summed E-state index contributed by atoms with van der Waals surface area (Å²) in [6, 6.07) is 6.70. The predicted octanol–water partition coefficient (Wildman–Crippen LogP) is 2.02. The van der Waals surface area contributed by atoms with E-state index in [9.17, 15) is 14.4 Å². The summed E-state index contributed by atoms with van der Waals surface area (Å²) in [4.78, 5) is 36.1. The number of benzene rings is 1. The molecule has 0 radical (unpaired) electrons. The first-order valence-electron chi connectivity index (χ1n) is 7.95. The summed E-state index contributed by atoms with van der Waals surface area (Å²) in [6.45, 7) is -0.384. The zero-order valence-electron chi connectivity index (χ0n) is 12.7. The van der Waals surface area contributed by atoms with Gasteiger partial charge in [0.25, 0.3) is 5.91 Å². The lowest BCUT2D eigenvalue weighted by atomic mass is 9.80. The van der Waals surface area contributed by atoms with Crippen LogP contribution in [-0.4, -0.2) is 30.6 Å². The fourth-order valence-corrected chi connectivity index (χ4v) is 4.51. The topological polar surface area (TPSA) is 81.7 Å². The smallest absolute Gasteiger partial charge is 0.310 e. The lowest BCUT2D eigenvalue weighted by Crippen LogP contribution is -2.34. The Kier molecular flexibility index (Phi) is 3.72. The molecule has 6 nitrogen and oxygen atoms in total. The van der Waals surface area contributed by atoms with E-state index in [4.69, 9.17) is 21.1 Å². The Hall–Kier alpha value is -2.08. The highest BCUT2D eigenvalue weighted by molar-refractivity contribution is 6.30. The van der Waals surface area contributed by atoms with Crippen LogP contribution in [0.2, 0.25) is 5.02 Å². The van der Waals surface area contributed by atoms with Gasteiger partial charge in [0, 0.05) is 16.6 Å². The fraction of sp³-hybridized carbons (Fsp3) is 0.471. The highest BCUT2D eigenvalue weighted by atomic mass is 35.5. The Morgan fingerprint density at radius 1 is 1.33 bits per heavy atom. The molecule has 2 aliphatic carbocycles. The van der Waals surface area contributed by atoms with Crippen LogP contribution >= 0.6 is 11.6 Å². The van der Waals surface area contributed by atoms with Crippen molar-refractivity contribution in [2.45, 2.75) is 18.9 Å². The number of hydrogen-bond acceptors (Lipinski definition) is 5. The van der Waals surface area contributed by atoms with Crippen LogP contribution in [0.15, 0.2) is 24.3 Å². The molecule has 3 aliphatic rings. The van der Waals surface area contributed by atoms with Gasteiger partial charge in [0.2, 0.25) is 0 Å². The molecule has 5 atom stereocenters. The maximum Gasteiger partial charge on any atom is 0.310 e.